The maximum Gasteiger partial charge on any atom is 0.345 e. The van der Waals surface area contributed by atoms with Crippen molar-refractivity contribution in [1.82, 2.24) is 4.98 Å². The molecule has 2 aromatic carbocycles. The number of para-hydroxylation sites is 1. The quantitative estimate of drug-likeness (QED) is 0.313. The third kappa shape index (κ3) is 3.29. The van der Waals surface area contributed by atoms with Crippen LogP contribution < -0.4 is 0 Å². The molecule has 0 aliphatic heterocycles. The monoisotopic (exact) mass is 372 g/mol. The first-order chi connectivity index (χ1) is 12.4. The van der Waals surface area contributed by atoms with Crippen LogP contribution in [0, 0.1) is 10.1 Å². The fourth-order valence-electron chi connectivity index (χ4n) is 2.60. The summed E-state index contributed by atoms with van der Waals surface area (Å²) in [6, 6.07) is 10.8. The third-order valence-corrected chi connectivity index (χ3v) is 4.12. The van der Waals surface area contributed by atoms with Gasteiger partial charge in [-0.3, -0.25) is 14.9 Å². The van der Waals surface area contributed by atoms with Crippen molar-refractivity contribution in [2.45, 2.75) is 13.0 Å². The van der Waals surface area contributed by atoms with Gasteiger partial charge >= 0.3 is 5.97 Å². The zero-order chi connectivity index (χ0) is 18.8. The van der Waals surface area contributed by atoms with Crippen LogP contribution in [0.2, 0.25) is 5.02 Å². The number of ketones is 1. The summed E-state index contributed by atoms with van der Waals surface area (Å²) in [6.07, 6.45) is 0.416. The topological polar surface area (TPSA) is 102 Å². The molecule has 8 heteroatoms. The molecule has 0 bridgehead atoms. The number of hydrogen-bond donors (Lipinski definition) is 1. The number of halogens is 1. The molecule has 1 heterocycles. The maximum atomic E-state index is 12.6. The number of nitrogens with one attached hydrogen (secondary N) is 1. The van der Waals surface area contributed by atoms with Crippen LogP contribution in [0.5, 0.6) is 0 Å². The summed E-state index contributed by atoms with van der Waals surface area (Å²) in [4.78, 5) is 38.3. The van der Waals surface area contributed by atoms with E-state index in [1.165, 1.54) is 13.0 Å². The van der Waals surface area contributed by atoms with Gasteiger partial charge in [0.15, 0.2) is 6.10 Å². The lowest BCUT2D eigenvalue weighted by Gasteiger charge is -2.12. The minimum Gasteiger partial charge on any atom is -0.450 e. The Kier molecular flexibility index (Phi) is 4.73. The summed E-state index contributed by atoms with van der Waals surface area (Å²) >= 11 is 5.81. The summed E-state index contributed by atoms with van der Waals surface area (Å²) in [6.45, 7) is 1.42. The number of H-pyrrole nitrogens is 1. The van der Waals surface area contributed by atoms with Gasteiger partial charge in [0.05, 0.1) is 4.92 Å². The number of aromatic nitrogens is 1. The molecule has 0 radical (unpaired) electrons. The molecule has 0 amide bonds. The Morgan fingerprint density at radius 1 is 1.19 bits per heavy atom. The Bertz CT molecular complexity index is 1030. The van der Waals surface area contributed by atoms with Gasteiger partial charge in [0.1, 0.15) is 5.56 Å². The first-order valence-electron chi connectivity index (χ1n) is 7.63. The number of benzene rings is 2. The van der Waals surface area contributed by atoms with Gasteiger partial charge in [-0.05, 0) is 25.1 Å². The Labute approximate surface area is 152 Å². The van der Waals surface area contributed by atoms with Crippen molar-refractivity contribution in [1.29, 1.82) is 0 Å². The highest BCUT2D eigenvalue weighted by Gasteiger charge is 2.27. The summed E-state index contributed by atoms with van der Waals surface area (Å²) < 4.78 is 5.15. The Hall–Kier alpha value is -3.19. The fraction of sp³-hybridized carbons (Fsp3) is 0.111. The predicted octanol–water partition coefficient (Wildman–Crippen LogP) is 4.16. The maximum absolute atomic E-state index is 12.6. The summed E-state index contributed by atoms with van der Waals surface area (Å²) in [5.41, 5.74) is 0.411. The number of aromatic amines is 1. The van der Waals surface area contributed by atoms with Crippen LogP contribution in [0.15, 0.2) is 48.7 Å². The van der Waals surface area contributed by atoms with Crippen LogP contribution in [-0.2, 0) is 4.74 Å². The standard InChI is InChI=1S/C18H13ClN2O5/c1-10(17(22)14-9-20-15-5-3-2-4-12(14)15)26-18(23)13-8-11(19)6-7-16(13)21(24)25/h2-10,20H,1H3/t10-/m0/s1. The molecule has 0 aliphatic carbocycles. The molecule has 1 N–H and O–H groups in total. The number of nitrogens with zero attached hydrogens (tertiary/aromatic N) is 1. The van der Waals surface area contributed by atoms with Gasteiger partial charge in [0.25, 0.3) is 5.69 Å². The van der Waals surface area contributed by atoms with E-state index in [0.29, 0.717) is 10.9 Å². The van der Waals surface area contributed by atoms with Crippen LogP contribution in [0.3, 0.4) is 0 Å². The molecule has 7 nitrogen and oxygen atoms in total. The fourth-order valence-corrected chi connectivity index (χ4v) is 2.77. The van der Waals surface area contributed by atoms with E-state index in [1.807, 2.05) is 12.1 Å². The number of carbonyl (C=O) groups is 2. The second-order valence-electron chi connectivity index (χ2n) is 5.58. The number of nitro benzene ring substituents is 1. The van der Waals surface area contributed by atoms with Gasteiger partial charge in [-0.1, -0.05) is 29.8 Å². The second kappa shape index (κ2) is 6.97. The highest BCUT2D eigenvalue weighted by molar-refractivity contribution is 6.31. The van der Waals surface area contributed by atoms with Gasteiger partial charge in [0.2, 0.25) is 5.78 Å². The van der Waals surface area contributed by atoms with Crippen molar-refractivity contribution in [2.24, 2.45) is 0 Å². The minimum atomic E-state index is -1.12. The van der Waals surface area contributed by atoms with Crippen LogP contribution in [-0.4, -0.2) is 27.8 Å². The average molecular weight is 373 g/mol. The molecular weight excluding hydrogens is 360 g/mol. The molecule has 0 fully saturated rings. The van der Waals surface area contributed by atoms with Gasteiger partial charge in [-0.25, -0.2) is 4.79 Å². The molecule has 0 unspecified atom stereocenters. The SMILES string of the molecule is C[C@H](OC(=O)c1cc(Cl)ccc1[N+](=O)[O-])C(=O)c1c[nH]c2ccccc12. The van der Waals surface area contributed by atoms with Gasteiger partial charge in [0, 0.05) is 33.8 Å². The highest BCUT2D eigenvalue weighted by Crippen LogP contribution is 2.25. The number of ether oxygens (including phenoxy) is 1. The van der Waals surface area contributed by atoms with Crippen molar-refractivity contribution in [3.63, 3.8) is 0 Å². The third-order valence-electron chi connectivity index (χ3n) is 3.88. The number of fused-ring (bicyclic) bond motifs is 1. The molecule has 0 aliphatic rings. The lowest BCUT2D eigenvalue weighted by atomic mass is 10.1. The van der Waals surface area contributed by atoms with Crippen molar-refractivity contribution in [3.8, 4) is 0 Å². The molecule has 132 valence electrons. The number of hydrogen-bond acceptors (Lipinski definition) is 5. The van der Waals surface area contributed by atoms with Crippen LogP contribution >= 0.6 is 11.6 Å². The normalized spacial score (nSPS) is 11.9. The second-order valence-corrected chi connectivity index (χ2v) is 6.01. The number of carbonyl (C=O) groups excluding carboxylic acids is 2. The molecule has 3 aromatic rings. The predicted molar refractivity (Wildman–Crippen MR) is 95.6 cm³/mol. The molecule has 26 heavy (non-hydrogen) atoms. The molecule has 3 rings (SSSR count). The molecule has 1 atom stereocenters. The average Bonchev–Trinajstić information content (AvgIpc) is 3.04. The van der Waals surface area contributed by atoms with Gasteiger partial charge in [-0.15, -0.1) is 0 Å². The van der Waals surface area contributed by atoms with E-state index >= 15 is 0 Å². The summed E-state index contributed by atoms with van der Waals surface area (Å²) in [7, 11) is 0. The Balaban J connectivity index is 1.85. The molecule has 0 saturated heterocycles. The van der Waals surface area contributed by atoms with Crippen LogP contribution in [0.1, 0.15) is 27.6 Å². The zero-order valence-corrected chi connectivity index (χ0v) is 14.3. The largest absolute Gasteiger partial charge is 0.450 e. The van der Waals surface area contributed by atoms with E-state index < -0.39 is 28.5 Å². The van der Waals surface area contributed by atoms with Crippen molar-refractivity contribution in [2.75, 3.05) is 0 Å². The van der Waals surface area contributed by atoms with E-state index in [2.05, 4.69) is 4.98 Å². The summed E-state index contributed by atoms with van der Waals surface area (Å²) in [5, 5.41) is 11.9. The molecule has 0 spiro atoms. The Morgan fingerprint density at radius 3 is 2.65 bits per heavy atom. The molecule has 0 saturated carbocycles. The van der Waals surface area contributed by atoms with E-state index in [-0.39, 0.29) is 10.6 Å². The minimum absolute atomic E-state index is 0.151. The smallest absolute Gasteiger partial charge is 0.345 e. The van der Waals surface area contributed by atoms with Crippen molar-refractivity contribution >= 4 is 39.9 Å². The van der Waals surface area contributed by atoms with Gasteiger partial charge in [-0.2, -0.15) is 0 Å². The van der Waals surface area contributed by atoms with E-state index in [1.54, 1.807) is 18.3 Å². The van der Waals surface area contributed by atoms with E-state index in [4.69, 9.17) is 16.3 Å². The van der Waals surface area contributed by atoms with E-state index in [0.717, 1.165) is 17.6 Å². The number of Topliss-reactive ketones (excluding diaryl/α,β-unsaturated/α-hetero) is 1. The van der Waals surface area contributed by atoms with Crippen LogP contribution in [0.25, 0.3) is 10.9 Å². The summed E-state index contributed by atoms with van der Waals surface area (Å²) in [5.74, 6) is -1.40. The first-order valence-corrected chi connectivity index (χ1v) is 8.01. The van der Waals surface area contributed by atoms with Gasteiger partial charge < -0.3 is 9.72 Å². The number of esters is 1. The highest BCUT2D eigenvalue weighted by atomic mass is 35.5. The lowest BCUT2D eigenvalue weighted by Crippen LogP contribution is -2.24. The van der Waals surface area contributed by atoms with E-state index in [9.17, 15) is 19.7 Å². The number of rotatable bonds is 5. The van der Waals surface area contributed by atoms with Crippen LogP contribution in [0.4, 0.5) is 5.69 Å². The molecule has 1 aromatic heterocycles. The zero-order valence-electron chi connectivity index (χ0n) is 13.6. The van der Waals surface area contributed by atoms with Crippen molar-refractivity contribution < 1.29 is 19.2 Å². The van der Waals surface area contributed by atoms with Crippen molar-refractivity contribution in [3.05, 3.63) is 74.9 Å². The number of nitro groups is 1. The lowest BCUT2D eigenvalue weighted by molar-refractivity contribution is -0.385. The molecular formula is C18H13ClN2O5. The Morgan fingerprint density at radius 2 is 1.92 bits per heavy atom. The first kappa shape index (κ1) is 17.6.